The maximum Gasteiger partial charge on any atom is 0.134 e. The van der Waals surface area contributed by atoms with Gasteiger partial charge >= 0.3 is 0 Å². The molecule has 2 aliphatic rings. The lowest BCUT2D eigenvalue weighted by Gasteiger charge is -2.42. The molecule has 0 bridgehead atoms. The van der Waals surface area contributed by atoms with E-state index >= 15 is 0 Å². The van der Waals surface area contributed by atoms with Crippen molar-refractivity contribution in [1.29, 1.82) is 0 Å². The van der Waals surface area contributed by atoms with Crippen LogP contribution in [0.15, 0.2) is 30.3 Å². The zero-order valence-electron chi connectivity index (χ0n) is 16.1. The van der Waals surface area contributed by atoms with Crippen LogP contribution in [0.2, 0.25) is 0 Å². The number of ether oxygens (including phenoxy) is 1. The predicted octanol–water partition coefficient (Wildman–Crippen LogP) is 7.09. The summed E-state index contributed by atoms with van der Waals surface area (Å²) in [7, 11) is 1.59. The Balaban J connectivity index is 1.51. The van der Waals surface area contributed by atoms with Crippen LogP contribution in [0.4, 0.5) is 4.39 Å². The van der Waals surface area contributed by atoms with E-state index in [4.69, 9.17) is 4.74 Å². The molecule has 2 aromatic rings. The maximum absolute atomic E-state index is 14.5. The molecular formula is C24H31FO. The fourth-order valence-electron chi connectivity index (χ4n) is 5.64. The van der Waals surface area contributed by atoms with Crippen molar-refractivity contribution in [3.63, 3.8) is 0 Å². The van der Waals surface area contributed by atoms with Gasteiger partial charge in [0.1, 0.15) is 11.6 Å². The van der Waals surface area contributed by atoms with Crippen molar-refractivity contribution in [3.05, 3.63) is 41.7 Å². The molecule has 0 amide bonds. The van der Waals surface area contributed by atoms with Gasteiger partial charge in [0.05, 0.1) is 7.11 Å². The quantitative estimate of drug-likeness (QED) is 0.569. The second-order valence-corrected chi connectivity index (χ2v) is 8.59. The molecule has 0 saturated heterocycles. The highest BCUT2D eigenvalue weighted by Gasteiger charge is 2.35. The Labute approximate surface area is 156 Å². The summed E-state index contributed by atoms with van der Waals surface area (Å²) in [4.78, 5) is 0. The van der Waals surface area contributed by atoms with Crippen molar-refractivity contribution in [2.24, 2.45) is 17.8 Å². The van der Waals surface area contributed by atoms with Crippen molar-refractivity contribution in [1.82, 2.24) is 0 Å². The number of methoxy groups -OCH3 is 1. The summed E-state index contributed by atoms with van der Waals surface area (Å²) in [5, 5.41) is 1.66. The number of benzene rings is 2. The van der Waals surface area contributed by atoms with Gasteiger partial charge in [-0.25, -0.2) is 4.39 Å². The van der Waals surface area contributed by atoms with Gasteiger partial charge in [0.25, 0.3) is 0 Å². The minimum atomic E-state index is -0.171. The molecule has 2 heteroatoms. The lowest BCUT2D eigenvalue weighted by Crippen LogP contribution is -2.30. The minimum absolute atomic E-state index is 0.171. The molecule has 2 saturated carbocycles. The molecule has 2 aromatic carbocycles. The number of rotatable bonds is 4. The van der Waals surface area contributed by atoms with E-state index < -0.39 is 0 Å². The summed E-state index contributed by atoms with van der Waals surface area (Å²) in [5.41, 5.74) is 1.33. The highest BCUT2D eigenvalue weighted by Crippen LogP contribution is 2.48. The second kappa shape index (κ2) is 7.58. The first kappa shape index (κ1) is 17.8. The van der Waals surface area contributed by atoms with Gasteiger partial charge in [-0.05, 0) is 78.9 Å². The number of hydrogen-bond donors (Lipinski definition) is 0. The molecule has 4 atom stereocenters. The minimum Gasteiger partial charge on any atom is -0.497 e. The largest absolute Gasteiger partial charge is 0.497 e. The summed E-state index contributed by atoms with van der Waals surface area (Å²) in [6.45, 7) is 2.32. The van der Waals surface area contributed by atoms with Gasteiger partial charge < -0.3 is 4.74 Å². The molecular weight excluding hydrogens is 323 g/mol. The van der Waals surface area contributed by atoms with Gasteiger partial charge in [0.15, 0.2) is 0 Å². The van der Waals surface area contributed by atoms with Gasteiger partial charge in [-0.15, -0.1) is 0 Å². The molecule has 0 N–H and O–H groups in total. The predicted molar refractivity (Wildman–Crippen MR) is 106 cm³/mol. The van der Waals surface area contributed by atoms with Crippen LogP contribution < -0.4 is 4.74 Å². The third-order valence-electron chi connectivity index (χ3n) is 7.03. The first-order valence-electron chi connectivity index (χ1n) is 10.4. The average molecular weight is 355 g/mol. The second-order valence-electron chi connectivity index (χ2n) is 8.59. The summed E-state index contributed by atoms with van der Waals surface area (Å²) < 4.78 is 19.7. The molecule has 0 spiro atoms. The Hall–Kier alpha value is -1.57. The lowest BCUT2D eigenvalue weighted by molar-refractivity contribution is 0.114. The third-order valence-corrected chi connectivity index (χ3v) is 7.03. The van der Waals surface area contributed by atoms with Gasteiger partial charge in [-0.2, -0.15) is 0 Å². The Kier molecular flexibility index (Phi) is 5.20. The molecule has 0 aliphatic heterocycles. The van der Waals surface area contributed by atoms with E-state index in [2.05, 4.69) is 25.1 Å². The van der Waals surface area contributed by atoms with Crippen LogP contribution in [-0.2, 0) is 0 Å². The Morgan fingerprint density at radius 3 is 2.62 bits per heavy atom. The summed E-state index contributed by atoms with van der Waals surface area (Å²) >= 11 is 0. The summed E-state index contributed by atoms with van der Waals surface area (Å²) in [5.74, 6) is 3.82. The maximum atomic E-state index is 14.5. The van der Waals surface area contributed by atoms with Gasteiger partial charge in [-0.1, -0.05) is 38.3 Å². The van der Waals surface area contributed by atoms with Crippen molar-refractivity contribution in [2.45, 2.75) is 64.2 Å². The van der Waals surface area contributed by atoms with E-state index in [0.29, 0.717) is 11.7 Å². The lowest BCUT2D eigenvalue weighted by atomic mass is 9.63. The monoisotopic (exact) mass is 354 g/mol. The van der Waals surface area contributed by atoms with Crippen LogP contribution in [-0.4, -0.2) is 7.11 Å². The Morgan fingerprint density at radius 1 is 1.00 bits per heavy atom. The van der Waals surface area contributed by atoms with Gasteiger partial charge in [-0.3, -0.25) is 0 Å². The molecule has 2 aliphatic carbocycles. The fourth-order valence-corrected chi connectivity index (χ4v) is 5.64. The highest BCUT2D eigenvalue weighted by molar-refractivity contribution is 5.85. The normalized spacial score (nSPS) is 28.7. The smallest absolute Gasteiger partial charge is 0.134 e. The van der Waals surface area contributed by atoms with Gasteiger partial charge in [0.2, 0.25) is 0 Å². The fraction of sp³-hybridized carbons (Fsp3) is 0.583. The average Bonchev–Trinajstić information content (AvgIpc) is 2.67. The molecule has 0 heterocycles. The van der Waals surface area contributed by atoms with Crippen LogP contribution in [0, 0.1) is 23.6 Å². The standard InChI is InChI=1S/C24H31FO/c1-3-4-16-5-6-18-12-19(8-7-17(18)11-16)20-9-10-21-13-22(26-2)15-24(25)23(21)14-20/h9-10,13-19H,3-8,11-12H2,1-2H3/t16?,17-,18?,19-/m1/s1. The Bertz CT molecular complexity index is 768. The van der Waals surface area contributed by atoms with Crippen LogP contribution >= 0.6 is 0 Å². The molecule has 0 aromatic heterocycles. The van der Waals surface area contributed by atoms with Crippen LogP contribution in [0.3, 0.4) is 0 Å². The van der Waals surface area contributed by atoms with Crippen molar-refractivity contribution >= 4 is 10.8 Å². The summed E-state index contributed by atoms with van der Waals surface area (Å²) in [6, 6.07) is 9.80. The van der Waals surface area contributed by atoms with E-state index in [1.165, 1.54) is 63.0 Å². The first-order valence-corrected chi connectivity index (χ1v) is 10.4. The molecule has 1 nitrogen and oxygen atoms in total. The van der Waals surface area contributed by atoms with E-state index in [1.54, 1.807) is 7.11 Å². The SMILES string of the molecule is CCCC1CCC2C[C@H](c3ccc4cc(OC)cc(F)c4c3)CC[C@@H]2C1. The molecule has 26 heavy (non-hydrogen) atoms. The molecule has 2 unspecified atom stereocenters. The van der Waals surface area contributed by atoms with Crippen LogP contribution in [0.25, 0.3) is 10.8 Å². The highest BCUT2D eigenvalue weighted by atomic mass is 19.1. The third kappa shape index (κ3) is 3.48. The zero-order chi connectivity index (χ0) is 18.1. The molecule has 0 radical (unpaired) electrons. The van der Waals surface area contributed by atoms with E-state index in [9.17, 15) is 4.39 Å². The van der Waals surface area contributed by atoms with Crippen LogP contribution in [0.1, 0.15) is 69.8 Å². The first-order chi connectivity index (χ1) is 12.7. The number of hydrogen-bond acceptors (Lipinski definition) is 1. The van der Waals surface area contributed by atoms with Crippen molar-refractivity contribution in [3.8, 4) is 5.75 Å². The van der Waals surface area contributed by atoms with Crippen molar-refractivity contribution in [2.75, 3.05) is 7.11 Å². The molecule has 2 fully saturated rings. The van der Waals surface area contributed by atoms with Crippen LogP contribution in [0.5, 0.6) is 5.75 Å². The number of fused-ring (bicyclic) bond motifs is 2. The zero-order valence-corrected chi connectivity index (χ0v) is 16.1. The van der Waals surface area contributed by atoms with Crippen molar-refractivity contribution < 1.29 is 9.13 Å². The number of halogens is 1. The molecule has 4 rings (SSSR count). The topological polar surface area (TPSA) is 9.23 Å². The van der Waals surface area contributed by atoms with Gasteiger partial charge in [0, 0.05) is 11.5 Å². The Morgan fingerprint density at radius 2 is 1.81 bits per heavy atom. The molecule has 140 valence electrons. The van der Waals surface area contributed by atoms with E-state index in [0.717, 1.165) is 28.5 Å². The van der Waals surface area contributed by atoms with E-state index in [1.807, 2.05) is 6.07 Å². The summed E-state index contributed by atoms with van der Waals surface area (Å²) in [6.07, 6.45) is 11.0. The van der Waals surface area contributed by atoms with E-state index in [-0.39, 0.29) is 5.82 Å².